The number of methoxy groups -OCH3 is 1. The Labute approximate surface area is 186 Å². The van der Waals surface area contributed by atoms with Crippen LogP contribution in [0.3, 0.4) is 0 Å². The van der Waals surface area contributed by atoms with E-state index >= 15 is 0 Å². The number of rotatable bonds is 4. The largest absolute Gasteiger partial charge is 0.481 e. The Morgan fingerprint density at radius 2 is 1.75 bits per heavy atom. The number of aryl methyl sites for hydroxylation is 1. The van der Waals surface area contributed by atoms with E-state index in [1.807, 2.05) is 25.1 Å². The molecule has 0 aliphatic carbocycles. The maximum Gasteiger partial charge on any atom is 0.213 e. The quantitative estimate of drug-likeness (QED) is 0.477. The van der Waals surface area contributed by atoms with Gasteiger partial charge in [0.25, 0.3) is 0 Å². The molecule has 4 aromatic rings. The highest BCUT2D eigenvalue weighted by Gasteiger charge is 2.08. The van der Waals surface area contributed by atoms with Crippen molar-refractivity contribution in [3.8, 4) is 17.7 Å². The highest BCUT2D eigenvalue weighted by molar-refractivity contribution is 7.90. The number of anilines is 2. The van der Waals surface area contributed by atoms with Crippen molar-refractivity contribution in [1.82, 2.24) is 15.0 Å². The van der Waals surface area contributed by atoms with Crippen LogP contribution >= 0.6 is 0 Å². The minimum absolute atomic E-state index is 0.264. The predicted molar refractivity (Wildman–Crippen MR) is 124 cm³/mol. The van der Waals surface area contributed by atoms with Gasteiger partial charge in [0.05, 0.1) is 12.0 Å². The number of ether oxygens (including phenoxy) is 1. The minimum atomic E-state index is -3.24. The van der Waals surface area contributed by atoms with Crippen molar-refractivity contribution >= 4 is 32.1 Å². The molecule has 0 aliphatic rings. The molecule has 0 spiro atoms. The maximum atomic E-state index is 11.6. The van der Waals surface area contributed by atoms with E-state index in [0.29, 0.717) is 17.4 Å². The molecule has 8 heteroatoms. The van der Waals surface area contributed by atoms with Crippen molar-refractivity contribution in [2.45, 2.75) is 11.8 Å². The average molecular weight is 445 g/mol. The minimum Gasteiger partial charge on any atom is -0.481 e. The molecule has 160 valence electrons. The van der Waals surface area contributed by atoms with Crippen LogP contribution in [0.1, 0.15) is 16.8 Å². The van der Waals surface area contributed by atoms with Crippen LogP contribution in [0.2, 0.25) is 0 Å². The lowest BCUT2D eigenvalue weighted by Crippen LogP contribution is -1.98. The van der Waals surface area contributed by atoms with Crippen molar-refractivity contribution in [3.05, 3.63) is 77.9 Å². The van der Waals surface area contributed by atoms with Crippen LogP contribution < -0.4 is 10.1 Å². The smallest absolute Gasteiger partial charge is 0.213 e. The summed E-state index contributed by atoms with van der Waals surface area (Å²) in [5.41, 5.74) is 3.10. The maximum absolute atomic E-state index is 11.6. The molecule has 0 saturated heterocycles. The van der Waals surface area contributed by atoms with Crippen LogP contribution in [-0.2, 0) is 9.84 Å². The molecule has 0 atom stereocenters. The lowest BCUT2D eigenvalue weighted by atomic mass is 10.1. The third-order valence-electron chi connectivity index (χ3n) is 4.81. The molecule has 3 aromatic heterocycles. The first-order valence-electron chi connectivity index (χ1n) is 9.68. The molecule has 32 heavy (non-hydrogen) atoms. The molecule has 0 unspecified atom stereocenters. The second kappa shape index (κ2) is 8.65. The van der Waals surface area contributed by atoms with Crippen LogP contribution in [-0.4, -0.2) is 36.7 Å². The van der Waals surface area contributed by atoms with Gasteiger partial charge in [-0.2, -0.15) is 0 Å². The van der Waals surface area contributed by atoms with Crippen LogP contribution in [0.15, 0.2) is 66.0 Å². The lowest BCUT2D eigenvalue weighted by Gasteiger charge is -2.08. The SMILES string of the molecule is COc1cc(C)c(C#Cc2nccc3cnc(Nc4ccc(S(C)(=O)=O)cc4)cc23)cn1. The number of aromatic nitrogens is 3. The molecule has 0 amide bonds. The standard InChI is InChI=1S/C24H20N4O3S/c1-16-12-24(31-2)27-14-17(16)4-9-22-21-13-23(26-15-18(21)10-11-25-22)28-19-5-7-20(8-6-19)32(3,29)30/h5-8,10-15H,1-3H3,(H,26,28). The van der Waals surface area contributed by atoms with E-state index in [-0.39, 0.29) is 4.90 Å². The van der Waals surface area contributed by atoms with Gasteiger partial charge in [-0.3, -0.25) is 0 Å². The van der Waals surface area contributed by atoms with Gasteiger partial charge in [-0.25, -0.2) is 23.4 Å². The van der Waals surface area contributed by atoms with E-state index < -0.39 is 9.84 Å². The van der Waals surface area contributed by atoms with E-state index in [1.54, 1.807) is 50.0 Å². The number of nitrogens with zero attached hydrogens (tertiary/aromatic N) is 3. The first kappa shape index (κ1) is 21.3. The third-order valence-corrected chi connectivity index (χ3v) is 5.94. The Bertz CT molecular complexity index is 1470. The zero-order chi connectivity index (χ0) is 22.7. The molecule has 1 aromatic carbocycles. The topological polar surface area (TPSA) is 94.1 Å². The number of nitrogens with one attached hydrogen (secondary N) is 1. The Kier molecular flexibility index (Phi) is 5.75. The van der Waals surface area contributed by atoms with Gasteiger partial charge in [0.15, 0.2) is 9.84 Å². The molecule has 1 N–H and O–H groups in total. The molecule has 0 bridgehead atoms. The highest BCUT2D eigenvalue weighted by Crippen LogP contribution is 2.23. The Morgan fingerprint density at radius 1 is 0.969 bits per heavy atom. The molecule has 7 nitrogen and oxygen atoms in total. The molecule has 0 saturated carbocycles. The summed E-state index contributed by atoms with van der Waals surface area (Å²) in [4.78, 5) is 13.3. The fourth-order valence-corrected chi connectivity index (χ4v) is 3.70. The lowest BCUT2D eigenvalue weighted by molar-refractivity contribution is 0.397. The van der Waals surface area contributed by atoms with E-state index in [2.05, 4.69) is 32.1 Å². The first-order chi connectivity index (χ1) is 15.3. The van der Waals surface area contributed by atoms with E-state index in [9.17, 15) is 8.42 Å². The summed E-state index contributed by atoms with van der Waals surface area (Å²) in [6.07, 6.45) is 6.31. The molecule has 0 fully saturated rings. The van der Waals surface area contributed by atoms with Gasteiger partial charge in [0.1, 0.15) is 11.5 Å². The fraction of sp³-hybridized carbons (Fsp3) is 0.125. The average Bonchev–Trinajstić information content (AvgIpc) is 2.78. The Hall–Kier alpha value is -3.96. The number of hydrogen-bond acceptors (Lipinski definition) is 7. The number of benzene rings is 1. The van der Waals surface area contributed by atoms with Crippen LogP contribution in [0.4, 0.5) is 11.5 Å². The van der Waals surface area contributed by atoms with Crippen LogP contribution in [0, 0.1) is 18.8 Å². The van der Waals surface area contributed by atoms with Gasteiger partial charge in [-0.05, 0) is 54.8 Å². The molecular weight excluding hydrogens is 424 g/mol. The second-order valence-electron chi connectivity index (χ2n) is 7.16. The van der Waals surface area contributed by atoms with E-state index in [4.69, 9.17) is 4.74 Å². The zero-order valence-corrected chi connectivity index (χ0v) is 18.6. The normalized spacial score (nSPS) is 11.0. The van der Waals surface area contributed by atoms with Gasteiger partial charge < -0.3 is 10.1 Å². The summed E-state index contributed by atoms with van der Waals surface area (Å²) >= 11 is 0. The van der Waals surface area contributed by atoms with E-state index in [0.717, 1.165) is 27.6 Å². The van der Waals surface area contributed by atoms with Crippen molar-refractivity contribution in [3.63, 3.8) is 0 Å². The summed E-state index contributed by atoms with van der Waals surface area (Å²) in [5, 5.41) is 4.95. The third kappa shape index (κ3) is 4.68. The summed E-state index contributed by atoms with van der Waals surface area (Å²) in [5.74, 6) is 7.41. The number of sulfone groups is 1. The Balaban J connectivity index is 1.66. The summed E-state index contributed by atoms with van der Waals surface area (Å²) in [6, 6.07) is 12.1. The van der Waals surface area contributed by atoms with Crippen molar-refractivity contribution < 1.29 is 13.2 Å². The second-order valence-corrected chi connectivity index (χ2v) is 9.18. The number of fused-ring (bicyclic) bond motifs is 1. The first-order valence-corrected chi connectivity index (χ1v) is 11.6. The monoisotopic (exact) mass is 444 g/mol. The van der Waals surface area contributed by atoms with Gasteiger partial charge in [0, 0.05) is 52.9 Å². The number of hydrogen-bond donors (Lipinski definition) is 1. The fourth-order valence-electron chi connectivity index (χ4n) is 3.07. The van der Waals surface area contributed by atoms with Crippen molar-refractivity contribution in [2.75, 3.05) is 18.7 Å². The molecule has 0 radical (unpaired) electrons. The van der Waals surface area contributed by atoms with Gasteiger partial charge in [0.2, 0.25) is 5.88 Å². The number of pyridine rings is 3. The molecule has 4 rings (SSSR count). The van der Waals surface area contributed by atoms with Gasteiger partial charge in [-0.1, -0.05) is 5.92 Å². The zero-order valence-electron chi connectivity index (χ0n) is 17.7. The van der Waals surface area contributed by atoms with E-state index in [1.165, 1.54) is 6.26 Å². The summed E-state index contributed by atoms with van der Waals surface area (Å²) in [7, 11) is -1.67. The summed E-state index contributed by atoms with van der Waals surface area (Å²) in [6.45, 7) is 1.95. The van der Waals surface area contributed by atoms with Crippen molar-refractivity contribution in [2.24, 2.45) is 0 Å². The molecule has 0 aliphatic heterocycles. The molecule has 3 heterocycles. The van der Waals surface area contributed by atoms with Crippen LogP contribution in [0.5, 0.6) is 5.88 Å². The Morgan fingerprint density at radius 3 is 2.44 bits per heavy atom. The van der Waals surface area contributed by atoms with Crippen molar-refractivity contribution in [1.29, 1.82) is 0 Å². The highest BCUT2D eigenvalue weighted by atomic mass is 32.2. The predicted octanol–water partition coefficient (Wildman–Crippen LogP) is 3.89. The van der Waals surface area contributed by atoms with Gasteiger partial charge in [-0.15, -0.1) is 0 Å². The van der Waals surface area contributed by atoms with Crippen LogP contribution in [0.25, 0.3) is 10.8 Å². The molecular formula is C24H20N4O3S. The van der Waals surface area contributed by atoms with Gasteiger partial charge >= 0.3 is 0 Å². The summed E-state index contributed by atoms with van der Waals surface area (Å²) < 4.78 is 28.4.